The molecule has 0 radical (unpaired) electrons. The third-order valence-electron chi connectivity index (χ3n) is 4.07. The summed E-state index contributed by atoms with van der Waals surface area (Å²) in [4.78, 5) is 37.6. The summed E-state index contributed by atoms with van der Waals surface area (Å²) >= 11 is 0. The van der Waals surface area contributed by atoms with E-state index in [0.717, 1.165) is 17.0 Å². The van der Waals surface area contributed by atoms with E-state index in [1.807, 2.05) is 13.8 Å². The van der Waals surface area contributed by atoms with Crippen molar-refractivity contribution in [2.24, 2.45) is 0 Å². The molecule has 0 spiro atoms. The smallest absolute Gasteiger partial charge is 0.491 e. The van der Waals surface area contributed by atoms with Gasteiger partial charge in [-0.25, -0.2) is 0 Å². The molecule has 0 aliphatic rings. The number of rotatable bonds is 9. The van der Waals surface area contributed by atoms with Crippen molar-refractivity contribution in [3.63, 3.8) is 0 Å². The highest BCUT2D eigenvalue weighted by molar-refractivity contribution is 5.98. The highest BCUT2D eigenvalue weighted by Crippen LogP contribution is 2.23. The Hall–Kier alpha value is -3.76. The van der Waals surface area contributed by atoms with Gasteiger partial charge in [-0.3, -0.25) is 14.4 Å². The first-order valence-corrected chi connectivity index (χ1v) is 9.87. The number of carbonyl (C=O) groups excluding carboxylic acids is 3. The second-order valence-electron chi connectivity index (χ2n) is 7.24. The number of halogens is 3. The maximum absolute atomic E-state index is 12.2. The van der Waals surface area contributed by atoms with Crippen molar-refractivity contribution in [1.29, 1.82) is 0 Å². The Labute approximate surface area is 188 Å². The minimum absolute atomic E-state index is 0.00204. The van der Waals surface area contributed by atoms with Crippen LogP contribution in [-0.4, -0.2) is 55.2 Å². The van der Waals surface area contributed by atoms with Gasteiger partial charge in [0.05, 0.1) is 19.2 Å². The SMILES string of the molecule is CC(C)Oc1ccc(C(=O)NCC(=O)N(C)CC(=O)Nc2ccc(OC(F)(F)F)cc2)cc1. The van der Waals surface area contributed by atoms with Gasteiger partial charge in [0.1, 0.15) is 11.5 Å². The van der Waals surface area contributed by atoms with Crippen molar-refractivity contribution in [2.75, 3.05) is 25.5 Å². The van der Waals surface area contributed by atoms with Gasteiger partial charge in [0, 0.05) is 18.3 Å². The first-order valence-electron chi connectivity index (χ1n) is 9.87. The van der Waals surface area contributed by atoms with Crippen LogP contribution in [0.15, 0.2) is 48.5 Å². The second kappa shape index (κ2) is 11.2. The van der Waals surface area contributed by atoms with Crippen LogP contribution in [0, 0.1) is 0 Å². The zero-order valence-corrected chi connectivity index (χ0v) is 18.2. The van der Waals surface area contributed by atoms with Gasteiger partial charge in [0.15, 0.2) is 0 Å². The third-order valence-corrected chi connectivity index (χ3v) is 4.07. The van der Waals surface area contributed by atoms with Gasteiger partial charge >= 0.3 is 6.36 Å². The van der Waals surface area contributed by atoms with E-state index in [0.29, 0.717) is 11.3 Å². The van der Waals surface area contributed by atoms with E-state index >= 15 is 0 Å². The number of benzene rings is 2. The van der Waals surface area contributed by atoms with Crippen LogP contribution in [0.5, 0.6) is 11.5 Å². The van der Waals surface area contributed by atoms with Gasteiger partial charge in [0.25, 0.3) is 5.91 Å². The minimum Gasteiger partial charge on any atom is -0.491 e. The van der Waals surface area contributed by atoms with Crippen molar-refractivity contribution >= 4 is 23.4 Å². The van der Waals surface area contributed by atoms with Crippen molar-refractivity contribution in [3.05, 3.63) is 54.1 Å². The molecule has 178 valence electrons. The molecular formula is C22H24F3N3O5. The lowest BCUT2D eigenvalue weighted by molar-refractivity contribution is -0.274. The summed E-state index contributed by atoms with van der Waals surface area (Å²) < 4.78 is 45.8. The highest BCUT2D eigenvalue weighted by atomic mass is 19.4. The molecule has 0 bridgehead atoms. The second-order valence-corrected chi connectivity index (χ2v) is 7.24. The Kier molecular flexibility index (Phi) is 8.66. The summed E-state index contributed by atoms with van der Waals surface area (Å²) in [6.45, 7) is 3.12. The van der Waals surface area contributed by atoms with E-state index in [-0.39, 0.29) is 24.9 Å². The Balaban J connectivity index is 1.79. The maximum Gasteiger partial charge on any atom is 0.573 e. The predicted molar refractivity (Wildman–Crippen MR) is 114 cm³/mol. The fraction of sp³-hybridized carbons (Fsp3) is 0.318. The van der Waals surface area contributed by atoms with Gasteiger partial charge in [-0.15, -0.1) is 13.2 Å². The van der Waals surface area contributed by atoms with Crippen molar-refractivity contribution < 1.29 is 37.0 Å². The van der Waals surface area contributed by atoms with E-state index in [1.165, 1.54) is 19.2 Å². The number of amides is 3. The van der Waals surface area contributed by atoms with Crippen LogP contribution in [0.25, 0.3) is 0 Å². The summed E-state index contributed by atoms with van der Waals surface area (Å²) in [5.74, 6) is -1.34. The number of carbonyl (C=O) groups is 3. The summed E-state index contributed by atoms with van der Waals surface area (Å²) in [6, 6.07) is 11.0. The molecule has 0 heterocycles. The van der Waals surface area contributed by atoms with E-state index < -0.39 is 29.8 Å². The van der Waals surface area contributed by atoms with Gasteiger partial charge < -0.3 is 25.0 Å². The van der Waals surface area contributed by atoms with Gasteiger partial charge in [0.2, 0.25) is 11.8 Å². The van der Waals surface area contributed by atoms with Crippen LogP contribution in [0.1, 0.15) is 24.2 Å². The lowest BCUT2D eigenvalue weighted by Crippen LogP contribution is -2.41. The number of hydrogen-bond donors (Lipinski definition) is 2. The fourth-order valence-corrected chi connectivity index (χ4v) is 2.59. The van der Waals surface area contributed by atoms with Crippen molar-refractivity contribution in [1.82, 2.24) is 10.2 Å². The molecule has 2 rings (SSSR count). The Bertz CT molecular complexity index is 961. The monoisotopic (exact) mass is 467 g/mol. The Morgan fingerprint density at radius 3 is 2.09 bits per heavy atom. The van der Waals surface area contributed by atoms with Crippen LogP contribution in [-0.2, 0) is 9.59 Å². The van der Waals surface area contributed by atoms with E-state index in [2.05, 4.69) is 15.4 Å². The van der Waals surface area contributed by atoms with Crippen molar-refractivity contribution in [2.45, 2.75) is 26.3 Å². The zero-order valence-electron chi connectivity index (χ0n) is 18.2. The van der Waals surface area contributed by atoms with Crippen LogP contribution < -0.4 is 20.1 Å². The summed E-state index contributed by atoms with van der Waals surface area (Å²) in [5, 5.41) is 4.94. The molecule has 2 aromatic rings. The molecule has 0 saturated heterocycles. The molecule has 11 heteroatoms. The minimum atomic E-state index is -4.81. The number of ether oxygens (including phenoxy) is 2. The highest BCUT2D eigenvalue weighted by Gasteiger charge is 2.31. The van der Waals surface area contributed by atoms with E-state index in [4.69, 9.17) is 4.74 Å². The number of hydrogen-bond acceptors (Lipinski definition) is 5. The molecule has 2 aromatic carbocycles. The molecule has 0 fully saturated rings. The van der Waals surface area contributed by atoms with Gasteiger partial charge in [-0.2, -0.15) is 0 Å². The van der Waals surface area contributed by atoms with E-state index in [9.17, 15) is 27.6 Å². The molecule has 2 N–H and O–H groups in total. The first-order chi connectivity index (χ1) is 15.4. The molecule has 33 heavy (non-hydrogen) atoms. The molecule has 0 atom stereocenters. The quantitative estimate of drug-likeness (QED) is 0.591. The van der Waals surface area contributed by atoms with Crippen LogP contribution in [0.2, 0.25) is 0 Å². The fourth-order valence-electron chi connectivity index (χ4n) is 2.59. The van der Waals surface area contributed by atoms with Crippen LogP contribution in [0.4, 0.5) is 18.9 Å². The molecular weight excluding hydrogens is 443 g/mol. The molecule has 0 unspecified atom stereocenters. The average Bonchev–Trinajstić information content (AvgIpc) is 2.72. The van der Waals surface area contributed by atoms with Crippen LogP contribution in [0.3, 0.4) is 0 Å². The average molecular weight is 467 g/mol. The molecule has 0 aliphatic carbocycles. The summed E-state index contributed by atoms with van der Waals surface area (Å²) in [5.41, 5.74) is 0.575. The summed E-state index contributed by atoms with van der Waals surface area (Å²) in [7, 11) is 1.38. The van der Waals surface area contributed by atoms with E-state index in [1.54, 1.807) is 24.3 Å². The lowest BCUT2D eigenvalue weighted by Gasteiger charge is -2.17. The molecule has 0 aromatic heterocycles. The number of alkyl halides is 3. The van der Waals surface area contributed by atoms with Crippen molar-refractivity contribution in [3.8, 4) is 11.5 Å². The molecule has 0 saturated carbocycles. The largest absolute Gasteiger partial charge is 0.573 e. The topological polar surface area (TPSA) is 97.0 Å². The predicted octanol–water partition coefficient (Wildman–Crippen LogP) is 3.20. The third kappa shape index (κ3) is 9.09. The summed E-state index contributed by atoms with van der Waals surface area (Å²) in [6.07, 6.45) is -4.81. The number of likely N-dealkylation sites (N-methyl/N-ethyl adjacent to an activating group) is 1. The first kappa shape index (κ1) is 25.5. The number of nitrogens with one attached hydrogen (secondary N) is 2. The zero-order chi connectivity index (χ0) is 24.6. The standard InChI is InChI=1S/C22H24F3N3O5/c1-14(2)32-17-8-4-15(5-9-17)21(31)26-12-20(30)28(3)13-19(29)27-16-6-10-18(11-7-16)33-22(23,24)25/h4-11,14H,12-13H2,1-3H3,(H,26,31)(H,27,29). The Morgan fingerprint density at radius 1 is 0.970 bits per heavy atom. The molecule has 8 nitrogen and oxygen atoms in total. The number of anilines is 1. The van der Waals surface area contributed by atoms with Crippen LogP contribution >= 0.6 is 0 Å². The van der Waals surface area contributed by atoms with Gasteiger partial charge in [-0.05, 0) is 62.4 Å². The maximum atomic E-state index is 12.2. The normalized spacial score (nSPS) is 11.0. The Morgan fingerprint density at radius 2 is 1.55 bits per heavy atom. The number of nitrogens with zero attached hydrogens (tertiary/aromatic N) is 1. The lowest BCUT2D eigenvalue weighted by atomic mass is 10.2. The van der Waals surface area contributed by atoms with Gasteiger partial charge in [-0.1, -0.05) is 0 Å². The molecule has 0 aliphatic heterocycles. The molecule has 3 amide bonds.